The molecule has 0 saturated heterocycles. The zero-order valence-corrected chi connectivity index (χ0v) is 22.0. The first-order valence-electron chi connectivity index (χ1n) is 13.2. The lowest BCUT2D eigenvalue weighted by Crippen LogP contribution is -2.29. The number of anilines is 2. The van der Waals surface area contributed by atoms with Crippen molar-refractivity contribution in [1.82, 2.24) is 25.3 Å². The molecule has 198 valence electrons. The molecule has 9 heteroatoms. The lowest BCUT2D eigenvalue weighted by molar-refractivity contribution is 0.0536. The van der Waals surface area contributed by atoms with E-state index in [0.29, 0.717) is 17.6 Å². The van der Waals surface area contributed by atoms with Crippen LogP contribution in [0, 0.1) is 0 Å². The fraction of sp³-hybridized carbons (Fsp3) is 0.267. The molecule has 1 aliphatic heterocycles. The molecule has 2 aromatic carbocycles. The summed E-state index contributed by atoms with van der Waals surface area (Å²) in [4.78, 5) is 39.8. The molecule has 1 unspecified atom stereocenters. The predicted molar refractivity (Wildman–Crippen MR) is 151 cm³/mol. The molecule has 1 amide bonds. The second kappa shape index (κ2) is 10.4. The molecule has 39 heavy (non-hydrogen) atoms. The van der Waals surface area contributed by atoms with E-state index in [4.69, 9.17) is 9.82 Å². The molecule has 0 bridgehead atoms. The number of nitrogens with zero attached hydrogens (tertiary/aromatic N) is 3. The van der Waals surface area contributed by atoms with Crippen LogP contribution in [-0.2, 0) is 17.7 Å². The highest BCUT2D eigenvalue weighted by atomic mass is 16.6. The van der Waals surface area contributed by atoms with Crippen LogP contribution < -0.4 is 21.5 Å². The topological polar surface area (TPSA) is 110 Å². The summed E-state index contributed by atoms with van der Waals surface area (Å²) in [6.45, 7) is 3.07. The molecular weight excluding hydrogens is 492 g/mol. The molecule has 2 aromatic heterocycles. The van der Waals surface area contributed by atoms with Crippen molar-refractivity contribution in [1.29, 1.82) is 0 Å². The van der Waals surface area contributed by atoms with Gasteiger partial charge >= 0.3 is 0 Å². The van der Waals surface area contributed by atoms with Crippen LogP contribution >= 0.6 is 0 Å². The van der Waals surface area contributed by atoms with Crippen molar-refractivity contribution in [3.05, 3.63) is 93.4 Å². The molecule has 0 radical (unpaired) electrons. The molecule has 1 aliphatic carbocycles. The van der Waals surface area contributed by atoms with Crippen molar-refractivity contribution in [3.63, 3.8) is 0 Å². The van der Waals surface area contributed by atoms with E-state index in [9.17, 15) is 9.59 Å². The number of aromatic nitrogens is 3. The average molecular weight is 523 g/mol. The van der Waals surface area contributed by atoms with Gasteiger partial charge in [-0.2, -0.15) is 4.98 Å². The Hall–Kier alpha value is -4.34. The smallest absolute Gasteiger partial charge is 0.280 e. The summed E-state index contributed by atoms with van der Waals surface area (Å²) in [5.41, 5.74) is 8.94. The molecule has 0 saturated carbocycles. The molecule has 9 nitrogen and oxygen atoms in total. The van der Waals surface area contributed by atoms with Gasteiger partial charge in [0.2, 0.25) is 11.4 Å². The zero-order chi connectivity index (χ0) is 26.9. The maximum Gasteiger partial charge on any atom is 0.280 e. The van der Waals surface area contributed by atoms with Gasteiger partial charge in [-0.05, 0) is 79.1 Å². The summed E-state index contributed by atoms with van der Waals surface area (Å²) in [6, 6.07) is 14.9. The lowest BCUT2D eigenvalue weighted by atomic mass is 9.96. The quantitative estimate of drug-likeness (QED) is 0.328. The number of pyridine rings is 1. The number of rotatable bonds is 6. The van der Waals surface area contributed by atoms with E-state index in [-0.39, 0.29) is 10.9 Å². The van der Waals surface area contributed by atoms with Gasteiger partial charge in [0.25, 0.3) is 5.91 Å². The van der Waals surface area contributed by atoms with Gasteiger partial charge < -0.3 is 15.2 Å². The summed E-state index contributed by atoms with van der Waals surface area (Å²) in [7, 11) is 1.33. The van der Waals surface area contributed by atoms with Crippen LogP contribution in [0.5, 0.6) is 0 Å². The van der Waals surface area contributed by atoms with Gasteiger partial charge in [0.1, 0.15) is 5.56 Å². The Kier molecular flexibility index (Phi) is 6.68. The first kappa shape index (κ1) is 25.0. The third-order valence-corrected chi connectivity index (χ3v) is 7.40. The minimum atomic E-state index is -0.625. The van der Waals surface area contributed by atoms with Crippen molar-refractivity contribution in [2.45, 2.75) is 38.6 Å². The van der Waals surface area contributed by atoms with E-state index in [0.717, 1.165) is 43.6 Å². The fourth-order valence-electron chi connectivity index (χ4n) is 5.39. The monoisotopic (exact) mass is 522 g/mol. The van der Waals surface area contributed by atoms with Crippen molar-refractivity contribution < 1.29 is 9.63 Å². The van der Waals surface area contributed by atoms with Crippen LogP contribution in [-0.4, -0.2) is 40.1 Å². The number of carbonyl (C=O) groups is 1. The zero-order valence-electron chi connectivity index (χ0n) is 22.0. The third-order valence-electron chi connectivity index (χ3n) is 7.40. The highest BCUT2D eigenvalue weighted by Crippen LogP contribution is 2.27. The number of hydrogen-bond donors (Lipinski definition) is 3. The molecule has 6 rings (SSSR count). The Morgan fingerprint density at radius 2 is 1.95 bits per heavy atom. The minimum absolute atomic E-state index is 0.0497. The molecule has 0 fully saturated rings. The number of carbonyl (C=O) groups excluding carboxylic acids is 1. The van der Waals surface area contributed by atoms with E-state index in [1.807, 2.05) is 18.2 Å². The number of hydroxylamine groups is 1. The van der Waals surface area contributed by atoms with E-state index in [1.54, 1.807) is 4.57 Å². The summed E-state index contributed by atoms with van der Waals surface area (Å²) < 4.78 is 1.78. The minimum Gasteiger partial charge on any atom is -0.324 e. The maximum absolute atomic E-state index is 13.3. The van der Waals surface area contributed by atoms with Crippen molar-refractivity contribution in [2.75, 3.05) is 19.0 Å². The van der Waals surface area contributed by atoms with Crippen LogP contribution in [0.4, 0.5) is 11.6 Å². The van der Waals surface area contributed by atoms with Gasteiger partial charge in [0.15, 0.2) is 5.65 Å². The van der Waals surface area contributed by atoms with Gasteiger partial charge in [-0.15, -0.1) is 0 Å². The molecule has 1 atom stereocenters. The molecule has 3 heterocycles. The van der Waals surface area contributed by atoms with Crippen LogP contribution in [0.1, 0.15) is 46.8 Å². The van der Waals surface area contributed by atoms with Crippen molar-refractivity contribution >= 4 is 34.1 Å². The molecule has 2 aliphatic rings. The van der Waals surface area contributed by atoms with E-state index in [2.05, 4.69) is 58.4 Å². The molecule has 0 spiro atoms. The van der Waals surface area contributed by atoms with E-state index in [1.165, 1.54) is 41.8 Å². The lowest BCUT2D eigenvalue weighted by Gasteiger charge is -2.21. The number of nitrogens with one attached hydrogen (secondary N) is 3. The maximum atomic E-state index is 13.3. The van der Waals surface area contributed by atoms with E-state index < -0.39 is 11.3 Å². The highest BCUT2D eigenvalue weighted by molar-refractivity contribution is 5.96. The van der Waals surface area contributed by atoms with Gasteiger partial charge in [-0.3, -0.25) is 14.4 Å². The number of hydrogen-bond acceptors (Lipinski definition) is 7. The Morgan fingerprint density at radius 3 is 2.74 bits per heavy atom. The first-order chi connectivity index (χ1) is 19.0. The Labute approximate surface area is 225 Å². The Balaban J connectivity index is 1.39. The number of aryl methyl sites for hydroxylation is 2. The van der Waals surface area contributed by atoms with Gasteiger partial charge in [0.05, 0.1) is 12.5 Å². The summed E-state index contributed by atoms with van der Waals surface area (Å²) in [5, 5.41) is 6.94. The summed E-state index contributed by atoms with van der Waals surface area (Å²) >= 11 is 0. The summed E-state index contributed by atoms with van der Waals surface area (Å²) in [5.74, 6) is -0.270. The van der Waals surface area contributed by atoms with Crippen molar-refractivity contribution in [2.24, 2.45) is 0 Å². The van der Waals surface area contributed by atoms with Gasteiger partial charge in [-0.25, -0.2) is 10.5 Å². The SMILES string of the molecule is CONC(=O)c1cn(-c2ccc3c(c2)CCC3)c2nc(Nc3ccc(C4=CCNC(C)C4)cc3)ncc2c1=O. The van der Waals surface area contributed by atoms with Crippen LogP contribution in [0.3, 0.4) is 0 Å². The molecular formula is C30H30N6O3. The summed E-state index contributed by atoms with van der Waals surface area (Å²) in [6.07, 6.45) is 9.39. The largest absolute Gasteiger partial charge is 0.324 e. The second-order valence-corrected chi connectivity index (χ2v) is 10.1. The van der Waals surface area contributed by atoms with E-state index >= 15 is 0 Å². The third kappa shape index (κ3) is 4.94. The Bertz CT molecular complexity index is 1660. The normalized spacial score (nSPS) is 16.6. The van der Waals surface area contributed by atoms with Crippen LogP contribution in [0.2, 0.25) is 0 Å². The highest BCUT2D eigenvalue weighted by Gasteiger charge is 2.20. The van der Waals surface area contributed by atoms with Gasteiger partial charge in [-0.1, -0.05) is 24.3 Å². The molecule has 4 aromatic rings. The van der Waals surface area contributed by atoms with Crippen LogP contribution in [0.15, 0.2) is 65.7 Å². The number of fused-ring (bicyclic) bond motifs is 2. The molecule has 3 N–H and O–H groups in total. The number of amides is 1. The average Bonchev–Trinajstić information content (AvgIpc) is 3.42. The van der Waals surface area contributed by atoms with Crippen LogP contribution in [0.25, 0.3) is 22.3 Å². The first-order valence-corrected chi connectivity index (χ1v) is 13.2. The number of benzene rings is 2. The fourth-order valence-corrected chi connectivity index (χ4v) is 5.39. The second-order valence-electron chi connectivity index (χ2n) is 10.1. The van der Waals surface area contributed by atoms with Crippen molar-refractivity contribution in [3.8, 4) is 5.69 Å². The standard InChI is InChI=1S/C30H30N6O3/c1-18-14-22(12-13-31-18)20-6-9-23(10-7-20)33-30-32-16-25-27(37)26(29(38)35-39-2)17-36(28(25)34-30)24-11-8-19-4-3-5-21(19)15-24/h6-12,15-18,31H,3-5,13-14H2,1-2H3,(H,35,38)(H,32,33,34). The predicted octanol–water partition coefficient (Wildman–Crippen LogP) is 4.07. The van der Waals surface area contributed by atoms with Gasteiger partial charge in [0, 0.05) is 36.4 Å². The Morgan fingerprint density at radius 1 is 1.13 bits per heavy atom.